The van der Waals surface area contributed by atoms with Crippen molar-refractivity contribution in [1.82, 2.24) is 19.6 Å². The van der Waals surface area contributed by atoms with Gasteiger partial charge in [0.25, 0.3) is 0 Å². The molecule has 4 heteroatoms. The van der Waals surface area contributed by atoms with Gasteiger partial charge in [-0.05, 0) is 166 Å². The molecule has 0 radical (unpaired) electrons. The molecule has 4 fully saturated rings. The summed E-state index contributed by atoms with van der Waals surface area (Å²) in [4.78, 5) is 11.3. The molecule has 0 N–H and O–H groups in total. The minimum absolute atomic E-state index is 0.308. The standard InChI is InChI=1S/C37H72N4/c1-34(2,3)32-14-20-38(21-15-32)27-30-11-24-40(25-12-30)36(7,8)18-19-37(9,10)41-26-13-31(29-41)28-39-22-16-33(17-23-39)35(4,5)6/h30-33H,11-29H2,1-10H3. The van der Waals surface area contributed by atoms with Crippen LogP contribution in [0, 0.1) is 34.5 Å². The van der Waals surface area contributed by atoms with E-state index >= 15 is 0 Å². The third-order valence-electron chi connectivity index (χ3n) is 12.6. The second-order valence-corrected chi connectivity index (χ2v) is 18.5. The Morgan fingerprint density at radius 1 is 0.439 bits per heavy atom. The molecule has 0 spiro atoms. The highest BCUT2D eigenvalue weighted by Gasteiger charge is 2.38. The smallest absolute Gasteiger partial charge is 0.0154 e. The summed E-state index contributed by atoms with van der Waals surface area (Å²) in [5, 5.41) is 0. The molecule has 4 aliphatic rings. The highest BCUT2D eigenvalue weighted by atomic mass is 15.2. The van der Waals surface area contributed by atoms with Gasteiger partial charge in [0.1, 0.15) is 0 Å². The van der Waals surface area contributed by atoms with Crippen LogP contribution in [-0.2, 0) is 0 Å². The molecule has 0 saturated carbocycles. The second-order valence-electron chi connectivity index (χ2n) is 18.5. The molecule has 1 atom stereocenters. The molecule has 0 aromatic heterocycles. The van der Waals surface area contributed by atoms with Gasteiger partial charge in [0.15, 0.2) is 0 Å². The Kier molecular flexibility index (Phi) is 11.1. The lowest BCUT2D eigenvalue weighted by atomic mass is 9.75. The van der Waals surface area contributed by atoms with Crippen molar-refractivity contribution in [3.05, 3.63) is 0 Å². The molecule has 4 rings (SSSR count). The SMILES string of the molecule is CC(C)(C)C1CCN(CC2CCN(C(C)(C)CCC(C)(C)N3CCC(CN4CCC(C(C)(C)C)CC4)C3)CC2)CC1. The summed E-state index contributed by atoms with van der Waals surface area (Å²) < 4.78 is 0. The van der Waals surface area contributed by atoms with Crippen molar-refractivity contribution >= 4 is 0 Å². The summed E-state index contributed by atoms with van der Waals surface area (Å²) >= 11 is 0. The molecule has 41 heavy (non-hydrogen) atoms. The van der Waals surface area contributed by atoms with E-state index in [4.69, 9.17) is 0 Å². The lowest BCUT2D eigenvalue weighted by Crippen LogP contribution is -2.51. The van der Waals surface area contributed by atoms with Crippen LogP contribution in [0.4, 0.5) is 0 Å². The van der Waals surface area contributed by atoms with E-state index < -0.39 is 0 Å². The summed E-state index contributed by atoms with van der Waals surface area (Å²) in [7, 11) is 0. The first-order valence-corrected chi connectivity index (χ1v) is 18.0. The van der Waals surface area contributed by atoms with Gasteiger partial charge in [-0.3, -0.25) is 9.80 Å². The van der Waals surface area contributed by atoms with Crippen molar-refractivity contribution < 1.29 is 0 Å². The van der Waals surface area contributed by atoms with Crippen molar-refractivity contribution in [1.29, 1.82) is 0 Å². The molecule has 0 amide bonds. The molecule has 0 aromatic rings. The molecule has 4 aliphatic heterocycles. The first-order valence-electron chi connectivity index (χ1n) is 18.0. The molecule has 4 heterocycles. The number of piperidine rings is 3. The van der Waals surface area contributed by atoms with Gasteiger partial charge in [-0.2, -0.15) is 0 Å². The molecule has 0 aromatic carbocycles. The third kappa shape index (κ3) is 9.41. The third-order valence-corrected chi connectivity index (χ3v) is 12.6. The van der Waals surface area contributed by atoms with E-state index in [1.807, 2.05) is 0 Å². The highest BCUT2D eigenvalue weighted by molar-refractivity contribution is 4.94. The minimum atomic E-state index is 0.308. The number of hydrogen-bond acceptors (Lipinski definition) is 4. The number of hydrogen-bond donors (Lipinski definition) is 0. The fourth-order valence-corrected chi connectivity index (χ4v) is 8.87. The zero-order valence-electron chi connectivity index (χ0n) is 29.5. The maximum absolute atomic E-state index is 2.85. The van der Waals surface area contributed by atoms with Crippen molar-refractivity contribution in [3.8, 4) is 0 Å². The monoisotopic (exact) mass is 573 g/mol. The van der Waals surface area contributed by atoms with Crippen molar-refractivity contribution in [3.63, 3.8) is 0 Å². The van der Waals surface area contributed by atoms with Gasteiger partial charge >= 0.3 is 0 Å². The fourth-order valence-electron chi connectivity index (χ4n) is 8.87. The van der Waals surface area contributed by atoms with Crippen LogP contribution in [0.25, 0.3) is 0 Å². The first kappa shape index (κ1) is 33.7. The maximum Gasteiger partial charge on any atom is 0.0154 e. The summed E-state index contributed by atoms with van der Waals surface area (Å²) in [5.74, 6) is 3.59. The Bertz CT molecular complexity index is 781. The van der Waals surface area contributed by atoms with Crippen LogP contribution < -0.4 is 0 Å². The normalized spacial score (nSPS) is 27.2. The van der Waals surface area contributed by atoms with Crippen molar-refractivity contribution in [2.75, 3.05) is 65.4 Å². The van der Waals surface area contributed by atoms with Crippen LogP contribution in [0.15, 0.2) is 0 Å². The lowest BCUT2D eigenvalue weighted by Gasteiger charge is -2.46. The summed E-state index contributed by atoms with van der Waals surface area (Å²) in [6, 6.07) is 0. The minimum Gasteiger partial charge on any atom is -0.303 e. The average Bonchev–Trinajstić information content (AvgIpc) is 3.37. The second kappa shape index (κ2) is 13.5. The molecule has 4 nitrogen and oxygen atoms in total. The largest absolute Gasteiger partial charge is 0.303 e. The Morgan fingerprint density at radius 3 is 1.24 bits per heavy atom. The van der Waals surface area contributed by atoms with Crippen LogP contribution in [0.5, 0.6) is 0 Å². The van der Waals surface area contributed by atoms with E-state index in [0.29, 0.717) is 21.9 Å². The summed E-state index contributed by atoms with van der Waals surface area (Å²) in [5.41, 5.74) is 1.58. The first-order chi connectivity index (χ1) is 19.0. The lowest BCUT2D eigenvalue weighted by molar-refractivity contribution is 0.0347. The molecular formula is C37H72N4. The van der Waals surface area contributed by atoms with Gasteiger partial charge in [-0.1, -0.05) is 41.5 Å². The molecule has 4 saturated heterocycles. The van der Waals surface area contributed by atoms with Crippen LogP contribution in [0.3, 0.4) is 0 Å². The van der Waals surface area contributed by atoms with E-state index in [1.165, 1.54) is 123 Å². The van der Waals surface area contributed by atoms with E-state index in [9.17, 15) is 0 Å². The van der Waals surface area contributed by atoms with E-state index in [0.717, 1.165) is 23.7 Å². The Balaban J connectivity index is 1.15. The summed E-state index contributed by atoms with van der Waals surface area (Å²) in [6.45, 7) is 38.0. The Hall–Kier alpha value is -0.160. The van der Waals surface area contributed by atoms with Gasteiger partial charge in [-0.25, -0.2) is 0 Å². The van der Waals surface area contributed by atoms with Crippen LogP contribution in [-0.4, -0.2) is 96.1 Å². The number of likely N-dealkylation sites (tertiary alicyclic amines) is 4. The molecule has 1 unspecified atom stereocenters. The predicted octanol–water partition coefficient (Wildman–Crippen LogP) is 7.87. The van der Waals surface area contributed by atoms with E-state index in [2.05, 4.69) is 88.8 Å². The zero-order chi connectivity index (χ0) is 30.1. The number of nitrogens with zero attached hydrogens (tertiary/aromatic N) is 4. The molecular weight excluding hydrogens is 500 g/mol. The van der Waals surface area contributed by atoms with Gasteiger partial charge < -0.3 is 9.80 Å². The van der Waals surface area contributed by atoms with Crippen LogP contribution in [0.1, 0.15) is 127 Å². The van der Waals surface area contributed by atoms with Crippen molar-refractivity contribution in [2.24, 2.45) is 34.5 Å². The zero-order valence-corrected chi connectivity index (χ0v) is 29.5. The maximum atomic E-state index is 2.85. The average molecular weight is 573 g/mol. The van der Waals surface area contributed by atoms with E-state index in [1.54, 1.807) is 0 Å². The Morgan fingerprint density at radius 2 is 0.805 bits per heavy atom. The number of rotatable bonds is 9. The van der Waals surface area contributed by atoms with Crippen molar-refractivity contribution in [2.45, 2.75) is 138 Å². The molecule has 0 aliphatic carbocycles. The predicted molar refractivity (Wildman–Crippen MR) is 179 cm³/mol. The van der Waals surface area contributed by atoms with Crippen LogP contribution in [0.2, 0.25) is 0 Å². The van der Waals surface area contributed by atoms with Gasteiger partial charge in [0.05, 0.1) is 0 Å². The summed E-state index contributed by atoms with van der Waals surface area (Å²) in [6.07, 6.45) is 12.4. The van der Waals surface area contributed by atoms with Gasteiger partial charge in [0, 0.05) is 30.7 Å². The quantitative estimate of drug-likeness (QED) is 0.279. The topological polar surface area (TPSA) is 13.0 Å². The molecule has 240 valence electrons. The van der Waals surface area contributed by atoms with Crippen LogP contribution >= 0.6 is 0 Å². The highest BCUT2D eigenvalue weighted by Crippen LogP contribution is 2.38. The Labute approximate surface area is 257 Å². The fraction of sp³-hybridized carbons (Fsp3) is 1.00. The molecule has 0 bridgehead atoms. The van der Waals surface area contributed by atoms with Gasteiger partial charge in [-0.15, -0.1) is 0 Å². The van der Waals surface area contributed by atoms with E-state index in [-0.39, 0.29) is 0 Å². The van der Waals surface area contributed by atoms with Gasteiger partial charge in [0.2, 0.25) is 0 Å².